The Morgan fingerprint density at radius 2 is 1.59 bits per heavy atom. The van der Waals surface area contributed by atoms with Gasteiger partial charge in [-0.3, -0.25) is 0 Å². The zero-order valence-corrected chi connectivity index (χ0v) is 22.1. The van der Waals surface area contributed by atoms with Gasteiger partial charge in [0, 0.05) is 12.5 Å². The first kappa shape index (κ1) is 25.3. The third-order valence-corrected chi connectivity index (χ3v) is 8.21. The number of hydrogen-bond donors (Lipinski definition) is 2. The number of rotatable bonds is 7. The molecule has 0 spiro atoms. The van der Waals surface area contributed by atoms with Crippen LogP contribution in [0.4, 0.5) is 0 Å². The second kappa shape index (κ2) is 11.0. The fourth-order valence-corrected chi connectivity index (χ4v) is 6.18. The quantitative estimate of drug-likeness (QED) is 0.275. The Hall–Kier alpha value is -3.94. The highest BCUT2D eigenvalue weighted by molar-refractivity contribution is 5.96. The Morgan fingerprint density at radius 1 is 0.897 bits per heavy atom. The highest BCUT2D eigenvalue weighted by Crippen LogP contribution is 2.38. The van der Waals surface area contributed by atoms with E-state index in [-0.39, 0.29) is 17.5 Å². The SMILES string of the molecule is O=C(O)c1ccccc1-c1ccc(Cn2c(C3CCCCC3)nc3c(OC4CCCCC4)nnc(O)c32)cc1. The Morgan fingerprint density at radius 3 is 2.31 bits per heavy atom. The number of aromatic carboxylic acids is 1. The molecule has 2 aliphatic carbocycles. The number of ether oxygens (including phenoxy) is 1. The summed E-state index contributed by atoms with van der Waals surface area (Å²) in [6.45, 7) is 0.505. The predicted molar refractivity (Wildman–Crippen MR) is 148 cm³/mol. The Kier molecular flexibility index (Phi) is 7.18. The molecule has 8 nitrogen and oxygen atoms in total. The molecular formula is C31H34N4O4. The predicted octanol–water partition coefficient (Wildman–Crippen LogP) is 6.70. The number of fused-ring (bicyclic) bond motifs is 1. The summed E-state index contributed by atoms with van der Waals surface area (Å²) in [6.07, 6.45) is 11.3. The number of carbonyl (C=O) groups is 1. The van der Waals surface area contributed by atoms with E-state index in [4.69, 9.17) is 9.72 Å². The molecule has 0 atom stereocenters. The fourth-order valence-electron chi connectivity index (χ4n) is 6.18. The molecular weight excluding hydrogens is 492 g/mol. The van der Waals surface area contributed by atoms with E-state index in [1.54, 1.807) is 12.1 Å². The molecule has 0 amide bonds. The Balaban J connectivity index is 1.38. The molecule has 2 N–H and O–H groups in total. The summed E-state index contributed by atoms with van der Waals surface area (Å²) in [5, 5.41) is 28.8. The zero-order chi connectivity index (χ0) is 26.8. The van der Waals surface area contributed by atoms with E-state index < -0.39 is 5.97 Å². The van der Waals surface area contributed by atoms with E-state index in [0.717, 1.165) is 55.5 Å². The van der Waals surface area contributed by atoms with E-state index in [1.807, 2.05) is 36.4 Å². The number of nitrogens with zero attached hydrogens (tertiary/aromatic N) is 4. The van der Waals surface area contributed by atoms with Gasteiger partial charge in [-0.15, -0.1) is 10.2 Å². The molecule has 4 aromatic rings. The van der Waals surface area contributed by atoms with Crippen molar-refractivity contribution in [3.8, 4) is 22.9 Å². The van der Waals surface area contributed by atoms with Crippen LogP contribution in [0.1, 0.15) is 91.9 Å². The maximum atomic E-state index is 11.7. The third kappa shape index (κ3) is 5.20. The summed E-state index contributed by atoms with van der Waals surface area (Å²) >= 11 is 0. The van der Waals surface area contributed by atoms with Crippen LogP contribution in [0.2, 0.25) is 0 Å². The molecule has 0 unspecified atom stereocenters. The third-order valence-electron chi connectivity index (χ3n) is 8.21. The molecule has 2 fully saturated rings. The molecule has 2 aromatic carbocycles. The second-order valence-electron chi connectivity index (χ2n) is 10.8. The fraction of sp³-hybridized carbons (Fsp3) is 0.419. The summed E-state index contributed by atoms with van der Waals surface area (Å²) in [6, 6.07) is 15.0. The van der Waals surface area contributed by atoms with Crippen molar-refractivity contribution in [2.24, 2.45) is 0 Å². The minimum atomic E-state index is -0.945. The minimum absolute atomic E-state index is 0.102. The lowest BCUT2D eigenvalue weighted by atomic mass is 9.88. The average molecular weight is 527 g/mol. The summed E-state index contributed by atoms with van der Waals surface area (Å²) < 4.78 is 8.40. The van der Waals surface area contributed by atoms with Gasteiger partial charge in [-0.25, -0.2) is 9.78 Å². The summed E-state index contributed by atoms with van der Waals surface area (Å²) in [4.78, 5) is 16.8. The lowest BCUT2D eigenvalue weighted by molar-refractivity contribution is 0.0697. The van der Waals surface area contributed by atoms with Gasteiger partial charge < -0.3 is 19.5 Å². The van der Waals surface area contributed by atoms with Gasteiger partial charge in [0.2, 0.25) is 0 Å². The molecule has 2 heterocycles. The number of carboxylic acids is 1. The van der Waals surface area contributed by atoms with Gasteiger partial charge in [0.05, 0.1) is 5.56 Å². The van der Waals surface area contributed by atoms with Crippen LogP contribution in [-0.2, 0) is 6.54 Å². The van der Waals surface area contributed by atoms with Crippen LogP contribution in [0.15, 0.2) is 48.5 Å². The van der Waals surface area contributed by atoms with E-state index >= 15 is 0 Å². The lowest BCUT2D eigenvalue weighted by Crippen LogP contribution is -2.20. The zero-order valence-electron chi connectivity index (χ0n) is 22.1. The van der Waals surface area contributed by atoms with Crippen molar-refractivity contribution in [2.75, 3.05) is 0 Å². The average Bonchev–Trinajstić information content (AvgIpc) is 3.36. The molecule has 2 aromatic heterocycles. The minimum Gasteiger partial charge on any atom is -0.491 e. The topological polar surface area (TPSA) is 110 Å². The molecule has 6 rings (SSSR count). The molecule has 202 valence electrons. The number of hydrogen-bond acceptors (Lipinski definition) is 6. The second-order valence-corrected chi connectivity index (χ2v) is 10.8. The lowest BCUT2D eigenvalue weighted by Gasteiger charge is -2.22. The van der Waals surface area contributed by atoms with Crippen LogP contribution >= 0.6 is 0 Å². The molecule has 0 bridgehead atoms. The largest absolute Gasteiger partial charge is 0.491 e. The normalized spacial score (nSPS) is 16.9. The summed E-state index contributed by atoms with van der Waals surface area (Å²) in [5.41, 5.74) is 3.98. The van der Waals surface area contributed by atoms with E-state index in [0.29, 0.717) is 34.9 Å². The van der Waals surface area contributed by atoms with Gasteiger partial charge in [0.1, 0.15) is 17.4 Å². The van der Waals surface area contributed by atoms with E-state index in [1.165, 1.54) is 25.7 Å². The highest BCUT2D eigenvalue weighted by atomic mass is 16.5. The number of imidazole rings is 1. The maximum absolute atomic E-state index is 11.7. The first-order valence-electron chi connectivity index (χ1n) is 14.1. The van der Waals surface area contributed by atoms with Crippen LogP contribution < -0.4 is 4.74 Å². The smallest absolute Gasteiger partial charge is 0.336 e. The van der Waals surface area contributed by atoms with Crippen LogP contribution in [0.25, 0.3) is 22.2 Å². The molecule has 0 radical (unpaired) electrons. The molecule has 39 heavy (non-hydrogen) atoms. The number of carboxylic acid groups (broad SMARTS) is 1. The van der Waals surface area contributed by atoms with Gasteiger partial charge in [-0.05, 0) is 61.3 Å². The van der Waals surface area contributed by atoms with Gasteiger partial charge in [0.25, 0.3) is 11.8 Å². The number of benzene rings is 2. The van der Waals surface area contributed by atoms with Crippen molar-refractivity contribution in [1.82, 2.24) is 19.7 Å². The Labute approximate surface area is 227 Å². The van der Waals surface area contributed by atoms with E-state index in [2.05, 4.69) is 14.8 Å². The summed E-state index contributed by atoms with van der Waals surface area (Å²) in [5.74, 6) is 0.576. The molecule has 2 aliphatic rings. The van der Waals surface area contributed by atoms with Crippen molar-refractivity contribution < 1.29 is 19.7 Å². The van der Waals surface area contributed by atoms with Crippen LogP contribution in [0.3, 0.4) is 0 Å². The monoisotopic (exact) mass is 526 g/mol. The van der Waals surface area contributed by atoms with Crippen molar-refractivity contribution in [3.63, 3.8) is 0 Å². The van der Waals surface area contributed by atoms with Gasteiger partial charge in [-0.2, -0.15) is 0 Å². The van der Waals surface area contributed by atoms with Crippen LogP contribution in [-0.4, -0.2) is 42.0 Å². The van der Waals surface area contributed by atoms with Gasteiger partial charge >= 0.3 is 5.97 Å². The van der Waals surface area contributed by atoms with Crippen LogP contribution in [0, 0.1) is 0 Å². The van der Waals surface area contributed by atoms with Crippen molar-refractivity contribution in [1.29, 1.82) is 0 Å². The molecule has 0 aliphatic heterocycles. The maximum Gasteiger partial charge on any atom is 0.336 e. The van der Waals surface area contributed by atoms with Gasteiger partial charge in [-0.1, -0.05) is 68.1 Å². The number of aromatic hydroxyl groups is 1. The first-order chi connectivity index (χ1) is 19.1. The Bertz CT molecular complexity index is 1470. The standard InChI is InChI=1S/C31H34N4O4/c36-29-27-26(30(34-33-29)39-23-11-5-2-6-12-23)32-28(22-9-3-1-4-10-22)35(27)19-20-15-17-21(18-16-20)24-13-7-8-14-25(24)31(37)38/h7-8,13-18,22-23H,1-6,9-12,19H2,(H,33,36)(H,37,38). The van der Waals surface area contributed by atoms with Crippen molar-refractivity contribution in [2.45, 2.75) is 82.8 Å². The van der Waals surface area contributed by atoms with Crippen LogP contribution in [0.5, 0.6) is 11.8 Å². The number of aromatic nitrogens is 4. The molecule has 0 saturated heterocycles. The van der Waals surface area contributed by atoms with Crippen molar-refractivity contribution in [3.05, 3.63) is 65.5 Å². The van der Waals surface area contributed by atoms with E-state index in [9.17, 15) is 15.0 Å². The summed E-state index contributed by atoms with van der Waals surface area (Å²) in [7, 11) is 0. The van der Waals surface area contributed by atoms with Crippen molar-refractivity contribution >= 4 is 17.0 Å². The highest BCUT2D eigenvalue weighted by Gasteiger charge is 2.28. The molecule has 8 heteroatoms. The first-order valence-corrected chi connectivity index (χ1v) is 14.1. The molecule has 2 saturated carbocycles. The van der Waals surface area contributed by atoms with Gasteiger partial charge in [0.15, 0.2) is 5.52 Å².